The molecule has 2 heterocycles. The fourth-order valence-electron chi connectivity index (χ4n) is 3.12. The Balaban J connectivity index is 1.71. The minimum atomic E-state index is -0.125. The summed E-state index contributed by atoms with van der Waals surface area (Å²) in [6.07, 6.45) is 3.47. The summed E-state index contributed by atoms with van der Waals surface area (Å²) in [6.45, 7) is 3.30. The van der Waals surface area contributed by atoms with Gasteiger partial charge in [-0.3, -0.25) is 9.89 Å². The average Bonchev–Trinajstić information content (AvgIpc) is 3.29. The van der Waals surface area contributed by atoms with Crippen molar-refractivity contribution < 1.29 is 14.3 Å². The van der Waals surface area contributed by atoms with Gasteiger partial charge in [-0.1, -0.05) is 19.1 Å². The molecule has 1 aromatic heterocycles. The van der Waals surface area contributed by atoms with Crippen LogP contribution in [0.2, 0.25) is 0 Å². The summed E-state index contributed by atoms with van der Waals surface area (Å²) in [7, 11) is 1.67. The monoisotopic (exact) mass is 344 g/mol. The Morgan fingerprint density at radius 3 is 3.04 bits per heavy atom. The predicted molar refractivity (Wildman–Crippen MR) is 92.2 cm³/mol. The van der Waals surface area contributed by atoms with Gasteiger partial charge >= 0.3 is 0 Å². The van der Waals surface area contributed by atoms with E-state index in [-0.39, 0.29) is 18.1 Å². The molecular formula is C18H24N4O3. The van der Waals surface area contributed by atoms with Crippen molar-refractivity contribution in [3.63, 3.8) is 0 Å². The fourth-order valence-corrected chi connectivity index (χ4v) is 3.12. The summed E-state index contributed by atoms with van der Waals surface area (Å²) >= 11 is 0. The molecule has 0 unspecified atom stereocenters. The molecule has 1 amide bonds. The fraction of sp³-hybridized carbons (Fsp3) is 0.500. The van der Waals surface area contributed by atoms with Crippen molar-refractivity contribution in [2.45, 2.75) is 38.3 Å². The van der Waals surface area contributed by atoms with Gasteiger partial charge in [0.2, 0.25) is 5.91 Å². The van der Waals surface area contributed by atoms with Crippen LogP contribution in [0.4, 0.5) is 0 Å². The van der Waals surface area contributed by atoms with Crippen molar-refractivity contribution in [3.8, 4) is 5.75 Å². The number of methoxy groups -OCH3 is 1. The molecule has 0 radical (unpaired) electrons. The van der Waals surface area contributed by atoms with E-state index in [1.54, 1.807) is 7.11 Å². The zero-order valence-corrected chi connectivity index (χ0v) is 14.6. The molecule has 1 N–H and O–H groups in total. The van der Waals surface area contributed by atoms with Crippen molar-refractivity contribution >= 4 is 5.91 Å². The van der Waals surface area contributed by atoms with Gasteiger partial charge in [0.05, 0.1) is 25.2 Å². The van der Waals surface area contributed by atoms with Crippen molar-refractivity contribution in [1.29, 1.82) is 0 Å². The second-order valence-corrected chi connectivity index (χ2v) is 6.20. The lowest BCUT2D eigenvalue weighted by Crippen LogP contribution is -2.33. The molecule has 0 aliphatic carbocycles. The molecule has 2 aromatic rings. The van der Waals surface area contributed by atoms with E-state index in [2.05, 4.69) is 22.1 Å². The molecule has 7 nitrogen and oxygen atoms in total. The van der Waals surface area contributed by atoms with Gasteiger partial charge < -0.3 is 14.4 Å². The van der Waals surface area contributed by atoms with Gasteiger partial charge in [-0.15, -0.1) is 0 Å². The Morgan fingerprint density at radius 2 is 2.32 bits per heavy atom. The SMILES string of the molecule is CCCOc1cccc(CC(=O)N2C[C@H](OC)C[C@H]2c2ncn[nH]2)c1. The number of hydrogen-bond acceptors (Lipinski definition) is 5. The lowest BCUT2D eigenvalue weighted by Gasteiger charge is -2.22. The number of H-pyrrole nitrogens is 1. The quantitative estimate of drug-likeness (QED) is 0.832. The lowest BCUT2D eigenvalue weighted by molar-refractivity contribution is -0.131. The van der Waals surface area contributed by atoms with Crippen LogP contribution in [0.3, 0.4) is 0 Å². The van der Waals surface area contributed by atoms with Crippen LogP contribution in [0.5, 0.6) is 5.75 Å². The van der Waals surface area contributed by atoms with E-state index in [1.165, 1.54) is 6.33 Å². The number of aromatic amines is 1. The molecule has 0 saturated carbocycles. The molecule has 25 heavy (non-hydrogen) atoms. The van der Waals surface area contributed by atoms with Crippen LogP contribution in [0.15, 0.2) is 30.6 Å². The van der Waals surface area contributed by atoms with Crippen LogP contribution >= 0.6 is 0 Å². The molecule has 1 saturated heterocycles. The minimum absolute atomic E-state index is 0.0123. The molecule has 134 valence electrons. The first kappa shape index (κ1) is 17.4. The Kier molecular flexibility index (Phi) is 5.65. The molecular weight excluding hydrogens is 320 g/mol. The predicted octanol–water partition coefficient (Wildman–Crippen LogP) is 2.12. The number of aromatic nitrogens is 3. The number of ether oxygens (including phenoxy) is 2. The third-order valence-electron chi connectivity index (χ3n) is 4.39. The lowest BCUT2D eigenvalue weighted by atomic mass is 10.1. The van der Waals surface area contributed by atoms with Gasteiger partial charge in [-0.2, -0.15) is 5.10 Å². The summed E-state index contributed by atoms with van der Waals surface area (Å²) in [5.74, 6) is 1.55. The number of likely N-dealkylation sites (tertiary alicyclic amines) is 1. The smallest absolute Gasteiger partial charge is 0.227 e. The Bertz CT molecular complexity index is 689. The van der Waals surface area contributed by atoms with Crippen LogP contribution in [-0.2, 0) is 16.0 Å². The standard InChI is InChI=1S/C18H24N4O3/c1-3-7-25-14-6-4-5-13(8-14)9-17(23)22-11-15(24-2)10-16(22)18-19-12-20-21-18/h4-6,8,12,15-16H,3,7,9-11H2,1-2H3,(H,19,20,21)/t15-,16+/m1/s1. The molecule has 1 aliphatic heterocycles. The first-order valence-corrected chi connectivity index (χ1v) is 8.60. The van der Waals surface area contributed by atoms with Gasteiger partial charge in [0.25, 0.3) is 0 Å². The number of hydrogen-bond donors (Lipinski definition) is 1. The molecule has 1 fully saturated rings. The maximum absolute atomic E-state index is 12.9. The maximum Gasteiger partial charge on any atom is 0.227 e. The summed E-state index contributed by atoms with van der Waals surface area (Å²) < 4.78 is 11.1. The third kappa shape index (κ3) is 4.17. The van der Waals surface area contributed by atoms with E-state index in [9.17, 15) is 4.79 Å². The van der Waals surface area contributed by atoms with Crippen LogP contribution in [0.1, 0.15) is 37.2 Å². The Hall–Kier alpha value is -2.41. The minimum Gasteiger partial charge on any atom is -0.494 e. The second kappa shape index (κ2) is 8.11. The normalized spacial score (nSPS) is 20.0. The summed E-state index contributed by atoms with van der Waals surface area (Å²) in [6, 6.07) is 7.59. The number of carbonyl (C=O) groups excluding carboxylic acids is 1. The van der Waals surface area contributed by atoms with E-state index in [0.717, 1.165) is 24.2 Å². The summed E-state index contributed by atoms with van der Waals surface area (Å²) in [5.41, 5.74) is 0.941. The topological polar surface area (TPSA) is 80.3 Å². The average molecular weight is 344 g/mol. The van der Waals surface area contributed by atoms with Crippen LogP contribution in [-0.4, -0.2) is 52.4 Å². The van der Waals surface area contributed by atoms with Gasteiger partial charge in [0.1, 0.15) is 17.9 Å². The van der Waals surface area contributed by atoms with E-state index in [0.29, 0.717) is 25.4 Å². The highest BCUT2D eigenvalue weighted by atomic mass is 16.5. The van der Waals surface area contributed by atoms with Gasteiger partial charge in [0.15, 0.2) is 0 Å². The van der Waals surface area contributed by atoms with Gasteiger partial charge in [-0.25, -0.2) is 4.98 Å². The van der Waals surface area contributed by atoms with Crippen molar-refractivity contribution in [2.75, 3.05) is 20.3 Å². The Morgan fingerprint density at radius 1 is 1.44 bits per heavy atom. The van der Waals surface area contributed by atoms with E-state index in [1.807, 2.05) is 29.2 Å². The van der Waals surface area contributed by atoms with Crippen LogP contribution in [0, 0.1) is 0 Å². The first-order chi connectivity index (χ1) is 12.2. The van der Waals surface area contributed by atoms with Crippen molar-refractivity contribution in [2.24, 2.45) is 0 Å². The first-order valence-electron chi connectivity index (χ1n) is 8.60. The highest BCUT2D eigenvalue weighted by molar-refractivity contribution is 5.79. The van der Waals surface area contributed by atoms with Gasteiger partial charge in [-0.05, 0) is 24.1 Å². The zero-order valence-electron chi connectivity index (χ0n) is 14.6. The summed E-state index contributed by atoms with van der Waals surface area (Å²) in [5, 5.41) is 6.78. The number of nitrogens with zero attached hydrogens (tertiary/aromatic N) is 3. The molecule has 0 bridgehead atoms. The highest BCUT2D eigenvalue weighted by Crippen LogP contribution is 2.31. The summed E-state index contributed by atoms with van der Waals surface area (Å²) in [4.78, 5) is 18.9. The van der Waals surface area contributed by atoms with E-state index < -0.39 is 0 Å². The number of nitrogens with one attached hydrogen (secondary N) is 1. The van der Waals surface area contributed by atoms with Gasteiger partial charge in [0, 0.05) is 20.1 Å². The molecule has 3 rings (SSSR count). The molecule has 1 aliphatic rings. The van der Waals surface area contributed by atoms with Crippen molar-refractivity contribution in [1.82, 2.24) is 20.1 Å². The number of carbonyl (C=O) groups is 1. The van der Waals surface area contributed by atoms with E-state index >= 15 is 0 Å². The number of rotatable bonds is 7. The van der Waals surface area contributed by atoms with Crippen molar-refractivity contribution in [3.05, 3.63) is 42.0 Å². The van der Waals surface area contributed by atoms with Crippen LogP contribution in [0.25, 0.3) is 0 Å². The Labute approximate surface area is 147 Å². The third-order valence-corrected chi connectivity index (χ3v) is 4.39. The molecule has 7 heteroatoms. The number of benzene rings is 1. The number of amides is 1. The second-order valence-electron chi connectivity index (χ2n) is 6.20. The maximum atomic E-state index is 12.9. The molecule has 2 atom stereocenters. The van der Waals surface area contributed by atoms with E-state index in [4.69, 9.17) is 9.47 Å². The highest BCUT2D eigenvalue weighted by Gasteiger charge is 2.37. The molecule has 0 spiro atoms. The zero-order chi connectivity index (χ0) is 17.6. The molecule has 1 aromatic carbocycles. The largest absolute Gasteiger partial charge is 0.494 e. The van der Waals surface area contributed by atoms with Crippen LogP contribution < -0.4 is 4.74 Å².